The first-order valence-corrected chi connectivity index (χ1v) is 21.5. The summed E-state index contributed by atoms with van der Waals surface area (Å²) >= 11 is 0. The lowest BCUT2D eigenvalue weighted by Gasteiger charge is -2.49. The Balaban J connectivity index is 2.25. The fourth-order valence-electron chi connectivity index (χ4n) is 9.21. The number of aliphatic hydroxyl groups is 4. The minimum absolute atomic E-state index is 0.00464. The van der Waals surface area contributed by atoms with E-state index in [1.54, 1.807) is 55.6 Å². The van der Waals surface area contributed by atoms with E-state index in [-0.39, 0.29) is 32.3 Å². The number of cyclic esters (lactones) is 1. The Morgan fingerprint density at radius 1 is 0.885 bits per heavy atom. The number of rotatable bonds is 12. The number of methoxy groups -OCH3 is 1. The molecule has 0 amide bonds. The van der Waals surface area contributed by atoms with Gasteiger partial charge in [0.25, 0.3) is 0 Å². The van der Waals surface area contributed by atoms with Crippen molar-refractivity contribution < 1.29 is 81.9 Å². The van der Waals surface area contributed by atoms with Crippen LogP contribution in [0, 0.1) is 17.8 Å². The van der Waals surface area contributed by atoms with Gasteiger partial charge < -0.3 is 63.2 Å². The van der Waals surface area contributed by atoms with Crippen LogP contribution in [0.5, 0.6) is 0 Å². The topological polar surface area (TPSA) is 226 Å². The number of aliphatic hydroxyl groups excluding tert-OH is 2. The summed E-state index contributed by atoms with van der Waals surface area (Å²) in [6.45, 7) is 16.2. The molecular formula is C43H74FNO16. The average molecular weight is 880 g/mol. The zero-order valence-corrected chi connectivity index (χ0v) is 38.5. The molecule has 3 aliphatic rings. The molecule has 354 valence electrons. The number of likely N-dealkylation sites (N-methyl/N-ethyl adjacent to an activating group) is 1. The quantitative estimate of drug-likeness (QED) is 0.163. The molecule has 18 unspecified atom stereocenters. The van der Waals surface area contributed by atoms with Crippen molar-refractivity contribution in [3.8, 4) is 0 Å². The van der Waals surface area contributed by atoms with Crippen LogP contribution in [0.2, 0.25) is 0 Å². The molecule has 0 bridgehead atoms. The van der Waals surface area contributed by atoms with Gasteiger partial charge in [0, 0.05) is 31.8 Å². The summed E-state index contributed by atoms with van der Waals surface area (Å²) < 4.78 is 65.4. The SMILES string of the molecule is CCOC(=O)CCC(=O)OC1C(OC2C(C)C(OC3CC(C)(OC)C(O)C(C)O3)C(C)C(=O)OC(CC)C(C)(O)C(O)C(C)C(=O)C(C)(F)CC2(C)O)OC(C)CC1N(C)C. The summed E-state index contributed by atoms with van der Waals surface area (Å²) in [5.41, 5.74) is -8.56. The van der Waals surface area contributed by atoms with Crippen molar-refractivity contribution >= 4 is 23.7 Å². The van der Waals surface area contributed by atoms with Crippen LogP contribution in [0.25, 0.3) is 0 Å². The predicted molar refractivity (Wildman–Crippen MR) is 216 cm³/mol. The van der Waals surface area contributed by atoms with Gasteiger partial charge in [0.2, 0.25) is 0 Å². The standard InChI is InChI=1S/C43H74FNO16/c1-15-28-43(11,53)35(49)25(6)34(48)40(8,44)21-41(9,52)37(23(4)32(24(5)38(51)58-28)60-31-20-42(10,54-14)36(50)26(7)57-31)61-39-33(27(45(12)13)19-22(3)56-39)59-30(47)18-17-29(46)55-16-2/h22-28,31-33,35-37,39,49-50,52-53H,15-21H2,1-14H3. The predicted octanol–water partition coefficient (Wildman–Crippen LogP) is 2.77. The molecule has 3 rings (SSSR count). The number of ketones is 1. The normalized spacial score (nSPS) is 44.5. The Kier molecular flexibility index (Phi) is 18.3. The zero-order chi connectivity index (χ0) is 46.6. The van der Waals surface area contributed by atoms with Crippen LogP contribution in [0.1, 0.15) is 115 Å². The molecule has 18 atom stereocenters. The van der Waals surface area contributed by atoms with Crippen molar-refractivity contribution in [2.45, 2.75) is 205 Å². The molecule has 0 saturated carbocycles. The number of Topliss-reactive ketones (excluding diaryl/α,β-unsaturated/α-hetero) is 1. The molecule has 17 nitrogen and oxygen atoms in total. The van der Waals surface area contributed by atoms with E-state index in [9.17, 15) is 39.6 Å². The highest BCUT2D eigenvalue weighted by Gasteiger charge is 2.56. The van der Waals surface area contributed by atoms with Crippen molar-refractivity contribution in [1.29, 1.82) is 0 Å². The molecule has 3 saturated heterocycles. The molecule has 0 aromatic rings. The average Bonchev–Trinajstić information content (AvgIpc) is 3.17. The first-order valence-electron chi connectivity index (χ1n) is 21.5. The molecule has 18 heteroatoms. The fourth-order valence-corrected chi connectivity index (χ4v) is 9.21. The molecule has 0 aliphatic carbocycles. The van der Waals surface area contributed by atoms with Crippen LogP contribution >= 0.6 is 0 Å². The van der Waals surface area contributed by atoms with Crippen molar-refractivity contribution in [3.63, 3.8) is 0 Å². The Morgan fingerprint density at radius 3 is 2.05 bits per heavy atom. The Hall–Kier alpha value is -2.39. The van der Waals surface area contributed by atoms with E-state index in [1.807, 2.05) is 4.90 Å². The van der Waals surface area contributed by atoms with Gasteiger partial charge in [-0.2, -0.15) is 0 Å². The largest absolute Gasteiger partial charge is 0.466 e. The summed E-state index contributed by atoms with van der Waals surface area (Å²) in [4.78, 5) is 55.5. The number of carbonyl (C=O) groups is 4. The number of esters is 3. The van der Waals surface area contributed by atoms with Crippen LogP contribution in [0.3, 0.4) is 0 Å². The third kappa shape index (κ3) is 12.5. The van der Waals surface area contributed by atoms with Crippen LogP contribution in [-0.4, -0.2) is 167 Å². The van der Waals surface area contributed by atoms with E-state index < -0.39 is 138 Å². The highest BCUT2D eigenvalue weighted by Crippen LogP contribution is 2.42. The lowest BCUT2D eigenvalue weighted by Crippen LogP contribution is -2.62. The number of alkyl halides is 1. The monoisotopic (exact) mass is 879 g/mol. The van der Waals surface area contributed by atoms with Gasteiger partial charge in [0.05, 0.1) is 73.1 Å². The Labute approximate surface area is 360 Å². The van der Waals surface area contributed by atoms with Crippen molar-refractivity contribution in [2.24, 2.45) is 17.8 Å². The number of hydrogen-bond donors (Lipinski definition) is 4. The summed E-state index contributed by atoms with van der Waals surface area (Å²) in [6, 6.07) is -0.524. The molecule has 0 spiro atoms. The van der Waals surface area contributed by atoms with Gasteiger partial charge in [-0.15, -0.1) is 0 Å². The van der Waals surface area contributed by atoms with E-state index in [1.165, 1.54) is 34.8 Å². The van der Waals surface area contributed by atoms with Crippen LogP contribution in [-0.2, 0) is 57.1 Å². The maximum absolute atomic E-state index is 17.1. The zero-order valence-electron chi connectivity index (χ0n) is 38.5. The van der Waals surface area contributed by atoms with E-state index in [0.29, 0.717) is 6.42 Å². The number of hydrogen-bond acceptors (Lipinski definition) is 17. The van der Waals surface area contributed by atoms with Gasteiger partial charge >= 0.3 is 17.9 Å². The summed E-state index contributed by atoms with van der Waals surface area (Å²) in [5, 5.41) is 46.6. The minimum Gasteiger partial charge on any atom is -0.466 e. The molecular weight excluding hydrogens is 805 g/mol. The maximum atomic E-state index is 17.1. The minimum atomic E-state index is -2.85. The van der Waals surface area contributed by atoms with E-state index in [4.69, 9.17) is 37.9 Å². The summed E-state index contributed by atoms with van der Waals surface area (Å²) in [6.07, 6.45) is -13.4. The summed E-state index contributed by atoms with van der Waals surface area (Å²) in [5.74, 6) is -7.30. The number of halogens is 1. The van der Waals surface area contributed by atoms with Gasteiger partial charge in [-0.05, 0) is 82.3 Å². The molecule has 3 heterocycles. The highest BCUT2D eigenvalue weighted by atomic mass is 19.1. The molecule has 4 N–H and O–H groups in total. The highest BCUT2D eigenvalue weighted by molar-refractivity contribution is 5.89. The van der Waals surface area contributed by atoms with Crippen LogP contribution in [0.4, 0.5) is 4.39 Å². The third-order valence-corrected chi connectivity index (χ3v) is 12.9. The second-order valence-corrected chi connectivity index (χ2v) is 18.5. The first kappa shape index (κ1) is 53.0. The van der Waals surface area contributed by atoms with Gasteiger partial charge in [0.15, 0.2) is 30.1 Å². The molecule has 0 radical (unpaired) electrons. The van der Waals surface area contributed by atoms with Gasteiger partial charge in [0.1, 0.15) is 17.8 Å². The van der Waals surface area contributed by atoms with Gasteiger partial charge in [-0.1, -0.05) is 20.8 Å². The molecule has 3 aliphatic heterocycles. The van der Waals surface area contributed by atoms with E-state index in [0.717, 1.165) is 6.92 Å². The Bertz CT molecular complexity index is 1490. The first-order chi connectivity index (χ1) is 28.1. The van der Waals surface area contributed by atoms with Crippen molar-refractivity contribution in [2.75, 3.05) is 27.8 Å². The van der Waals surface area contributed by atoms with Crippen LogP contribution in [0.15, 0.2) is 0 Å². The number of nitrogens with zero attached hydrogens (tertiary/aromatic N) is 1. The second kappa shape index (κ2) is 21.1. The fraction of sp³-hybridized carbons (Fsp3) is 0.907. The second-order valence-electron chi connectivity index (χ2n) is 18.5. The smallest absolute Gasteiger partial charge is 0.311 e. The van der Waals surface area contributed by atoms with Crippen molar-refractivity contribution in [3.05, 3.63) is 0 Å². The molecule has 0 aromatic heterocycles. The maximum Gasteiger partial charge on any atom is 0.311 e. The van der Waals surface area contributed by atoms with Crippen molar-refractivity contribution in [1.82, 2.24) is 4.90 Å². The molecule has 61 heavy (non-hydrogen) atoms. The Morgan fingerprint density at radius 2 is 1.49 bits per heavy atom. The van der Waals surface area contributed by atoms with Gasteiger partial charge in [-0.25, -0.2) is 4.39 Å². The van der Waals surface area contributed by atoms with Crippen LogP contribution < -0.4 is 0 Å². The van der Waals surface area contributed by atoms with Gasteiger partial charge in [-0.3, -0.25) is 19.2 Å². The van der Waals surface area contributed by atoms with E-state index in [2.05, 4.69) is 0 Å². The number of ether oxygens (including phenoxy) is 8. The lowest BCUT2D eigenvalue weighted by molar-refractivity contribution is -0.319. The molecule has 3 fully saturated rings. The summed E-state index contributed by atoms with van der Waals surface area (Å²) in [7, 11) is 4.96. The molecule has 0 aromatic carbocycles. The lowest BCUT2D eigenvalue weighted by atomic mass is 9.73. The third-order valence-electron chi connectivity index (χ3n) is 12.9. The van der Waals surface area contributed by atoms with E-state index >= 15 is 4.39 Å². The number of carbonyl (C=O) groups excluding carboxylic acids is 4.